The van der Waals surface area contributed by atoms with E-state index in [1.807, 2.05) is 36.4 Å². The molecule has 3 aromatic rings. The summed E-state index contributed by atoms with van der Waals surface area (Å²) in [6.07, 6.45) is 7.68. The van der Waals surface area contributed by atoms with Crippen LogP contribution in [0.3, 0.4) is 0 Å². The molecule has 1 heterocycles. The number of hydrogen-bond acceptors (Lipinski definition) is 3. The maximum absolute atomic E-state index is 5.86. The molecule has 3 rings (SSSR count). The van der Waals surface area contributed by atoms with Crippen LogP contribution >= 0.6 is 11.6 Å². The van der Waals surface area contributed by atoms with E-state index in [1.54, 1.807) is 12.1 Å². The molecule has 0 spiro atoms. The molecule has 114 valence electrons. The lowest BCUT2D eigenvalue weighted by molar-refractivity contribution is 0.719. The van der Waals surface area contributed by atoms with Crippen LogP contribution in [-0.4, -0.2) is 20.2 Å². The lowest BCUT2D eigenvalue weighted by atomic mass is 10.1. The number of halogens is 1. The molecule has 0 atom stereocenters. The van der Waals surface area contributed by atoms with E-state index in [0.29, 0.717) is 10.8 Å². The molecule has 1 aromatic heterocycles. The quantitative estimate of drug-likeness (QED) is 0.671. The van der Waals surface area contributed by atoms with E-state index < -0.39 is 0 Å². The van der Waals surface area contributed by atoms with Crippen molar-refractivity contribution >= 4 is 23.8 Å². The summed E-state index contributed by atoms with van der Waals surface area (Å²) in [5.41, 5.74) is 3.22. The highest BCUT2D eigenvalue weighted by Crippen LogP contribution is 2.11. The molecule has 0 aliphatic heterocycles. The number of nitrogens with zero attached hydrogens (tertiary/aromatic N) is 4. The van der Waals surface area contributed by atoms with Gasteiger partial charge in [0, 0.05) is 5.02 Å². The Morgan fingerprint density at radius 3 is 2.35 bits per heavy atom. The van der Waals surface area contributed by atoms with Gasteiger partial charge in [0.2, 0.25) is 0 Å². The average Bonchev–Trinajstić information content (AvgIpc) is 3.03. The molecule has 0 saturated heterocycles. The summed E-state index contributed by atoms with van der Waals surface area (Å²) in [4.78, 5) is 1.47. The summed E-state index contributed by atoms with van der Waals surface area (Å²) in [6, 6.07) is 15.6. The molecule has 4 nitrogen and oxygen atoms in total. The Morgan fingerprint density at radius 2 is 1.61 bits per heavy atom. The minimum absolute atomic E-state index is 0.550. The molecule has 0 radical (unpaired) electrons. The van der Waals surface area contributed by atoms with E-state index in [0.717, 1.165) is 11.3 Å². The fourth-order valence-corrected chi connectivity index (χ4v) is 2.09. The van der Waals surface area contributed by atoms with Gasteiger partial charge in [0.15, 0.2) is 5.82 Å². The molecule has 0 unspecified atom stereocenters. The predicted molar refractivity (Wildman–Crippen MR) is 93.4 cm³/mol. The van der Waals surface area contributed by atoms with Gasteiger partial charge in [-0.05, 0) is 48.0 Å². The van der Waals surface area contributed by atoms with Gasteiger partial charge in [-0.15, -0.1) is 15.0 Å². The third-order valence-electron chi connectivity index (χ3n) is 3.21. The topological polar surface area (TPSA) is 43.6 Å². The standard InChI is InChI=1S/C18H15ClN4/c1-14-6-8-15(9-7-14)4-2-3-5-18-20-22-23(21-18)17-12-10-16(19)11-13-17/h2-13H,1H3/b4-2+,5-3-. The number of benzene rings is 2. The third kappa shape index (κ3) is 4.14. The van der Waals surface area contributed by atoms with Gasteiger partial charge >= 0.3 is 0 Å². The maximum Gasteiger partial charge on any atom is 0.198 e. The second-order valence-corrected chi connectivity index (χ2v) is 5.48. The first-order valence-corrected chi connectivity index (χ1v) is 7.56. The summed E-state index contributed by atoms with van der Waals surface area (Å²) in [5.74, 6) is 0.550. The molecular formula is C18H15ClN4. The highest BCUT2D eigenvalue weighted by atomic mass is 35.5. The number of allylic oxidation sites excluding steroid dienone is 2. The van der Waals surface area contributed by atoms with Crippen molar-refractivity contribution in [2.45, 2.75) is 6.92 Å². The Labute approximate surface area is 139 Å². The number of rotatable bonds is 4. The van der Waals surface area contributed by atoms with Crippen molar-refractivity contribution in [1.82, 2.24) is 20.2 Å². The molecule has 0 saturated carbocycles. The minimum Gasteiger partial charge on any atom is -0.131 e. The van der Waals surface area contributed by atoms with Crippen LogP contribution in [0, 0.1) is 6.92 Å². The molecule has 0 bridgehead atoms. The van der Waals surface area contributed by atoms with Crippen molar-refractivity contribution in [3.8, 4) is 5.69 Å². The van der Waals surface area contributed by atoms with Gasteiger partial charge in [0.05, 0.1) is 5.69 Å². The number of hydrogen-bond donors (Lipinski definition) is 0. The highest BCUT2D eigenvalue weighted by molar-refractivity contribution is 6.30. The fourth-order valence-electron chi connectivity index (χ4n) is 1.96. The fraction of sp³-hybridized carbons (Fsp3) is 0.0556. The van der Waals surface area contributed by atoms with E-state index >= 15 is 0 Å². The first-order valence-electron chi connectivity index (χ1n) is 7.18. The van der Waals surface area contributed by atoms with Gasteiger partial charge in [-0.3, -0.25) is 0 Å². The number of aryl methyl sites for hydroxylation is 1. The van der Waals surface area contributed by atoms with Gasteiger partial charge in [0.1, 0.15) is 0 Å². The monoisotopic (exact) mass is 322 g/mol. The first kappa shape index (κ1) is 15.2. The van der Waals surface area contributed by atoms with Crippen molar-refractivity contribution < 1.29 is 0 Å². The van der Waals surface area contributed by atoms with Crippen molar-refractivity contribution in [3.63, 3.8) is 0 Å². The third-order valence-corrected chi connectivity index (χ3v) is 3.46. The Kier molecular flexibility index (Phi) is 4.64. The van der Waals surface area contributed by atoms with Crippen LogP contribution in [0.1, 0.15) is 17.0 Å². The first-order chi connectivity index (χ1) is 11.2. The SMILES string of the molecule is Cc1ccc(/C=C/C=C\c2nnn(-c3ccc(Cl)cc3)n2)cc1. The molecule has 0 aliphatic carbocycles. The summed E-state index contributed by atoms with van der Waals surface area (Å²) in [7, 11) is 0. The summed E-state index contributed by atoms with van der Waals surface area (Å²) < 4.78 is 0. The van der Waals surface area contributed by atoms with Gasteiger partial charge in [-0.25, -0.2) is 0 Å². The molecule has 0 fully saturated rings. The summed E-state index contributed by atoms with van der Waals surface area (Å²) in [5, 5.41) is 13.0. The lowest BCUT2D eigenvalue weighted by Gasteiger charge is -1.96. The molecule has 0 N–H and O–H groups in total. The maximum atomic E-state index is 5.86. The van der Waals surface area contributed by atoms with Crippen molar-refractivity contribution in [3.05, 3.63) is 82.7 Å². The van der Waals surface area contributed by atoms with Crippen LogP contribution in [0.5, 0.6) is 0 Å². The van der Waals surface area contributed by atoms with Crippen LogP contribution in [0.2, 0.25) is 5.02 Å². The lowest BCUT2D eigenvalue weighted by Crippen LogP contribution is -1.98. The molecular weight excluding hydrogens is 308 g/mol. The Balaban J connectivity index is 1.66. The zero-order valence-electron chi connectivity index (χ0n) is 12.6. The van der Waals surface area contributed by atoms with Crippen LogP contribution in [0.4, 0.5) is 0 Å². The van der Waals surface area contributed by atoms with E-state index in [2.05, 4.69) is 46.6 Å². The van der Waals surface area contributed by atoms with Gasteiger partial charge in [0.25, 0.3) is 0 Å². The van der Waals surface area contributed by atoms with E-state index in [9.17, 15) is 0 Å². The molecule has 23 heavy (non-hydrogen) atoms. The zero-order valence-corrected chi connectivity index (χ0v) is 13.4. The predicted octanol–water partition coefficient (Wildman–Crippen LogP) is 4.35. The molecule has 2 aromatic carbocycles. The highest BCUT2D eigenvalue weighted by Gasteiger charge is 2.01. The average molecular weight is 323 g/mol. The molecule has 0 aliphatic rings. The zero-order chi connectivity index (χ0) is 16.1. The Hall–Kier alpha value is -2.72. The van der Waals surface area contributed by atoms with Crippen LogP contribution in [0.25, 0.3) is 17.8 Å². The van der Waals surface area contributed by atoms with Crippen molar-refractivity contribution in [2.24, 2.45) is 0 Å². The summed E-state index contributed by atoms with van der Waals surface area (Å²) in [6.45, 7) is 2.07. The van der Waals surface area contributed by atoms with Crippen molar-refractivity contribution in [2.75, 3.05) is 0 Å². The molecule has 5 heteroatoms. The van der Waals surface area contributed by atoms with Crippen LogP contribution in [0.15, 0.2) is 60.7 Å². The van der Waals surface area contributed by atoms with E-state index in [-0.39, 0.29) is 0 Å². The largest absolute Gasteiger partial charge is 0.198 e. The number of tetrazole rings is 1. The second-order valence-electron chi connectivity index (χ2n) is 5.04. The number of aromatic nitrogens is 4. The Bertz CT molecular complexity index is 830. The van der Waals surface area contributed by atoms with E-state index in [4.69, 9.17) is 11.6 Å². The van der Waals surface area contributed by atoms with Gasteiger partial charge in [-0.1, -0.05) is 59.7 Å². The Morgan fingerprint density at radius 1 is 0.913 bits per heavy atom. The summed E-state index contributed by atoms with van der Waals surface area (Å²) >= 11 is 5.86. The van der Waals surface area contributed by atoms with E-state index in [1.165, 1.54) is 10.4 Å². The van der Waals surface area contributed by atoms with Gasteiger partial charge in [-0.2, -0.15) is 0 Å². The normalized spacial score (nSPS) is 11.6. The van der Waals surface area contributed by atoms with Crippen LogP contribution < -0.4 is 0 Å². The van der Waals surface area contributed by atoms with Crippen molar-refractivity contribution in [1.29, 1.82) is 0 Å². The smallest absolute Gasteiger partial charge is 0.131 e. The van der Waals surface area contributed by atoms with Crippen LogP contribution in [-0.2, 0) is 0 Å². The minimum atomic E-state index is 0.550. The molecule has 0 amide bonds. The van der Waals surface area contributed by atoms with Gasteiger partial charge < -0.3 is 0 Å². The second kappa shape index (κ2) is 7.03.